The monoisotopic (exact) mass is 1960 g/mol. The molecule has 0 saturated carbocycles. The van der Waals surface area contributed by atoms with Gasteiger partial charge in [0.2, 0.25) is 0 Å². The molecule has 0 unspecified atom stereocenters. The highest BCUT2D eigenvalue weighted by molar-refractivity contribution is 5.98. The highest BCUT2D eigenvalue weighted by Gasteiger charge is 2.24. The van der Waals surface area contributed by atoms with Gasteiger partial charge in [0.15, 0.2) is 0 Å². The van der Waals surface area contributed by atoms with Crippen molar-refractivity contribution in [3.63, 3.8) is 0 Å². The molecule has 0 fully saturated rings. The summed E-state index contributed by atoms with van der Waals surface area (Å²) in [5, 5.41) is 0. The first-order valence-corrected chi connectivity index (χ1v) is 49.2. The number of rotatable bonds is 22. The van der Waals surface area contributed by atoms with Crippen molar-refractivity contribution < 1.29 is 35.1 Å². The highest BCUT2D eigenvalue weighted by Crippen LogP contribution is 2.49. The lowest BCUT2D eigenvalue weighted by Gasteiger charge is -2.18. The van der Waals surface area contributed by atoms with Gasteiger partial charge in [0.25, 0.3) is 0 Å². The van der Waals surface area contributed by atoms with Crippen LogP contribution in [0, 0.1) is 74.2 Å². The van der Waals surface area contributed by atoms with Crippen molar-refractivity contribution in [2.24, 2.45) is 0 Å². The summed E-state index contributed by atoms with van der Waals surface area (Å²) in [6.45, 7) is 7.66. The molecule has 14 heteroatoms. The van der Waals surface area contributed by atoms with Crippen LogP contribution in [0.25, 0.3) is 246 Å². The van der Waals surface area contributed by atoms with Gasteiger partial charge in [0.05, 0.1) is 34.2 Å². The molecule has 150 heavy (non-hydrogen) atoms. The summed E-state index contributed by atoms with van der Waals surface area (Å²) in [7, 11) is 0. The Labute approximate surface area is 863 Å². The van der Waals surface area contributed by atoms with E-state index in [1.807, 2.05) is 58.0 Å². The second-order valence-corrected chi connectivity index (χ2v) is 37.8. The molecule has 18 aromatic carbocycles. The Morgan fingerprint density at radius 3 is 0.407 bits per heavy atom. The molecule has 0 atom stereocenters. The number of aryl methyl sites for hydroxylation is 4. The van der Waals surface area contributed by atoms with Crippen molar-refractivity contribution in [3.8, 4) is 246 Å². The summed E-state index contributed by atoms with van der Waals surface area (Å²) < 4.78 is 116. The van der Waals surface area contributed by atoms with Gasteiger partial charge in [-0.1, -0.05) is 291 Å². The standard InChI is InChI=1S/C136H88F8N6/c1-81-53-131(145-76-127(81)103-63-107(137)71-108(138)64-103)91-41-29-85(30-42-91)115-17-5-11-23-121(115)97-57-98(122-24-12-6-18-116(122)86-31-43-92(44-32-86)132-54-82(2)128(77-146-132)104-65-109(139)72-110(140)66-104)60-101(59-97)125-27-15-9-21-119(125)89-37-49-95(50-38-89)135-75-136(150-80-149-135)96-51-39-90(40-52-96)120-22-10-16-28-126(120)102-61-99(123-25-13-7-19-117(123)87-33-45-93(46-34-87)133-55-83(3)129(78-147-133)105-67-111(141)73-112(142)68-105)58-100(62-102)124-26-14-8-20-118(124)88-35-47-94(48-36-88)134-56-84(4)130(79-148-134)106-69-113(143)74-114(144)70-106/h5-80H,1-4H3. The molecule has 5 aromatic heterocycles. The van der Waals surface area contributed by atoms with Gasteiger partial charge in [-0.3, -0.25) is 19.9 Å². The molecule has 0 radical (unpaired) electrons. The molecule has 0 amide bonds. The third-order valence-electron chi connectivity index (χ3n) is 28.0. The predicted molar refractivity (Wildman–Crippen MR) is 591 cm³/mol. The molecule has 0 N–H and O–H groups in total. The minimum Gasteiger partial charge on any atom is -0.256 e. The molecule has 0 saturated heterocycles. The Morgan fingerprint density at radius 2 is 0.253 bits per heavy atom. The lowest BCUT2D eigenvalue weighted by Crippen LogP contribution is -1.93. The first-order chi connectivity index (χ1) is 73.2. The highest BCUT2D eigenvalue weighted by atomic mass is 19.2. The SMILES string of the molecule is Cc1cc(-c2ccc(-c3ccccc3-c3cc(-c4ccccc4-c4ccc(-c5cc(-c6ccc(-c7ccccc7-c7cc(-c8ccccc8-c8ccc(-c9cc(C)c(-c%10cc(F)cc(F)c%10)cn9)cc8)cc(-c8ccccc8-c8ccc(-c9cc(C)c(-c%10cc(F)cc(F)c%10)cn9)cc8)c7)cc6)ncn5)cc4)cc(-c4ccccc4-c4ccc(-c5cc(C)c(-c6cc(F)cc(F)c6)cn5)cc4)c3)cc2)ncc1-c1cc(F)cc(F)c1. The minimum atomic E-state index is -0.655. The van der Waals surface area contributed by atoms with Crippen molar-refractivity contribution in [1.82, 2.24) is 29.9 Å². The Morgan fingerprint density at radius 1 is 0.120 bits per heavy atom. The number of hydrogen-bond acceptors (Lipinski definition) is 6. The summed E-state index contributed by atoms with van der Waals surface area (Å²) in [5.41, 5.74) is 41.3. The van der Waals surface area contributed by atoms with Gasteiger partial charge in [-0.25, -0.2) is 45.1 Å². The van der Waals surface area contributed by atoms with Gasteiger partial charge in [0, 0.05) is 105 Å². The molecule has 0 aliphatic heterocycles. The van der Waals surface area contributed by atoms with Crippen LogP contribution in [0.3, 0.4) is 0 Å². The van der Waals surface area contributed by atoms with Crippen LogP contribution in [-0.4, -0.2) is 29.9 Å². The zero-order chi connectivity index (χ0) is 102. The van der Waals surface area contributed by atoms with E-state index in [4.69, 9.17) is 29.9 Å². The summed E-state index contributed by atoms with van der Waals surface area (Å²) in [4.78, 5) is 29.0. The molecule has 0 spiro atoms. The Kier molecular flexibility index (Phi) is 25.6. The van der Waals surface area contributed by atoms with Gasteiger partial charge in [-0.05, 0) is 321 Å². The number of nitrogens with zero attached hydrogens (tertiary/aromatic N) is 6. The van der Waals surface area contributed by atoms with Crippen molar-refractivity contribution in [3.05, 3.63) is 531 Å². The first kappa shape index (κ1) is 94.6. The first-order valence-electron chi connectivity index (χ1n) is 49.2. The lowest BCUT2D eigenvalue weighted by atomic mass is 9.86. The summed E-state index contributed by atoms with van der Waals surface area (Å²) >= 11 is 0. The van der Waals surface area contributed by atoms with E-state index in [2.05, 4.69) is 328 Å². The second-order valence-electron chi connectivity index (χ2n) is 37.8. The van der Waals surface area contributed by atoms with Crippen LogP contribution < -0.4 is 0 Å². The maximum absolute atomic E-state index is 14.4. The van der Waals surface area contributed by atoms with Crippen LogP contribution in [0.15, 0.2) is 462 Å². The summed E-state index contributed by atoms with van der Waals surface area (Å²) in [5.74, 6) is -5.24. The zero-order valence-corrected chi connectivity index (χ0v) is 81.6. The van der Waals surface area contributed by atoms with Gasteiger partial charge in [0.1, 0.15) is 52.9 Å². The number of halogens is 8. The molecule has 6 nitrogen and oxygen atoms in total. The van der Waals surface area contributed by atoms with Crippen LogP contribution >= 0.6 is 0 Å². The lowest BCUT2D eigenvalue weighted by molar-refractivity contribution is 0.583. The fourth-order valence-electron chi connectivity index (χ4n) is 20.6. The van der Waals surface area contributed by atoms with Gasteiger partial charge in [-0.2, -0.15) is 0 Å². The van der Waals surface area contributed by atoms with Crippen LogP contribution in [0.2, 0.25) is 0 Å². The smallest absolute Gasteiger partial charge is 0.126 e. The number of benzene rings is 18. The topological polar surface area (TPSA) is 77.3 Å². The zero-order valence-electron chi connectivity index (χ0n) is 81.6. The number of pyridine rings is 4. The van der Waals surface area contributed by atoms with Crippen LogP contribution in [0.5, 0.6) is 0 Å². The van der Waals surface area contributed by atoms with Crippen molar-refractivity contribution in [1.29, 1.82) is 0 Å². The van der Waals surface area contributed by atoms with Gasteiger partial charge < -0.3 is 0 Å². The van der Waals surface area contributed by atoms with Crippen molar-refractivity contribution >= 4 is 0 Å². The van der Waals surface area contributed by atoms with E-state index in [1.165, 1.54) is 48.5 Å². The van der Waals surface area contributed by atoms with E-state index in [1.54, 1.807) is 31.1 Å². The van der Waals surface area contributed by atoms with Crippen LogP contribution in [-0.2, 0) is 0 Å². The molecule has 23 aromatic rings. The maximum atomic E-state index is 14.4. The average Bonchev–Trinajstić information content (AvgIpc) is 0.760. The fraction of sp³-hybridized carbons (Fsp3) is 0.0294. The maximum Gasteiger partial charge on any atom is 0.126 e. The summed E-state index contributed by atoms with van der Waals surface area (Å²) in [6, 6.07) is 139. The summed E-state index contributed by atoms with van der Waals surface area (Å²) in [6.07, 6.45) is 8.31. The van der Waals surface area contributed by atoms with Gasteiger partial charge >= 0.3 is 0 Å². The predicted octanol–water partition coefficient (Wildman–Crippen LogP) is 37.1. The van der Waals surface area contributed by atoms with Crippen molar-refractivity contribution in [2.45, 2.75) is 27.7 Å². The van der Waals surface area contributed by atoms with E-state index in [-0.39, 0.29) is 0 Å². The van der Waals surface area contributed by atoms with Crippen molar-refractivity contribution in [2.75, 3.05) is 0 Å². The van der Waals surface area contributed by atoms with E-state index < -0.39 is 46.5 Å². The molecule has 5 heterocycles. The average molecular weight is 1960 g/mol. The van der Waals surface area contributed by atoms with E-state index in [9.17, 15) is 35.1 Å². The normalized spacial score (nSPS) is 11.3. The molecular weight excluding hydrogens is 1870 g/mol. The molecular formula is C136H88F8N6. The Bertz CT molecular complexity index is 8170. The third-order valence-corrected chi connectivity index (χ3v) is 28.0. The number of aromatic nitrogens is 6. The van der Waals surface area contributed by atoms with E-state index in [0.717, 1.165) is 248 Å². The molecule has 0 aliphatic rings. The number of hydrogen-bond donors (Lipinski definition) is 0. The second kappa shape index (κ2) is 40.6. The molecule has 23 rings (SSSR count). The molecule has 0 bridgehead atoms. The third kappa shape index (κ3) is 19.6. The van der Waals surface area contributed by atoms with Crippen LogP contribution in [0.1, 0.15) is 22.3 Å². The molecule has 718 valence electrons. The fourth-order valence-corrected chi connectivity index (χ4v) is 20.6. The van der Waals surface area contributed by atoms with Gasteiger partial charge in [-0.15, -0.1) is 0 Å². The quantitative estimate of drug-likeness (QED) is 0.0629. The minimum absolute atomic E-state index is 0.416. The van der Waals surface area contributed by atoms with E-state index >= 15 is 0 Å². The molecule has 0 aliphatic carbocycles. The Balaban J connectivity index is 0.559. The largest absolute Gasteiger partial charge is 0.256 e. The Hall–Kier alpha value is -18.9. The van der Waals surface area contributed by atoms with E-state index in [0.29, 0.717) is 44.5 Å². The van der Waals surface area contributed by atoms with Crippen LogP contribution in [0.4, 0.5) is 35.1 Å².